The molecule has 0 saturated carbocycles. The predicted octanol–water partition coefficient (Wildman–Crippen LogP) is 6.38. The largest absolute Gasteiger partial charge is 0.480 e. The van der Waals surface area contributed by atoms with Crippen molar-refractivity contribution in [1.29, 1.82) is 0 Å². The van der Waals surface area contributed by atoms with E-state index in [1.807, 2.05) is 91.0 Å². The Morgan fingerprint density at radius 2 is 1.36 bits per heavy atom. The number of nitro benzene ring substituents is 1. The zero-order valence-electron chi connectivity index (χ0n) is 25.2. The summed E-state index contributed by atoms with van der Waals surface area (Å²) in [6.07, 6.45) is 0.190. The number of aldehydes is 1. The molecule has 1 atom stereocenters. The van der Waals surface area contributed by atoms with Gasteiger partial charge >= 0.3 is 5.97 Å². The summed E-state index contributed by atoms with van der Waals surface area (Å²) in [6, 6.07) is 31.0. The molecule has 0 spiro atoms. The quantitative estimate of drug-likeness (QED) is 0.0598. The van der Waals surface area contributed by atoms with Gasteiger partial charge < -0.3 is 14.6 Å². The van der Waals surface area contributed by atoms with E-state index >= 15 is 0 Å². The third-order valence-electron chi connectivity index (χ3n) is 7.99. The summed E-state index contributed by atoms with van der Waals surface area (Å²) in [6.45, 7) is 5.11. The molecule has 0 fully saturated rings. The number of benzene rings is 4. The molecule has 0 aliphatic carbocycles. The van der Waals surface area contributed by atoms with Gasteiger partial charge in [0.05, 0.1) is 22.1 Å². The van der Waals surface area contributed by atoms with Crippen LogP contribution in [-0.2, 0) is 21.5 Å². The number of carboxylic acids is 1. The van der Waals surface area contributed by atoms with E-state index in [2.05, 4.69) is 5.32 Å². The molecule has 0 bridgehead atoms. The van der Waals surface area contributed by atoms with E-state index in [0.29, 0.717) is 6.29 Å². The molecule has 4 aromatic carbocycles. The molecule has 0 aliphatic heterocycles. The van der Waals surface area contributed by atoms with E-state index in [0.717, 1.165) is 22.8 Å². The Morgan fingerprint density at radius 3 is 1.73 bits per heavy atom. The topological polar surface area (TPSA) is 128 Å². The summed E-state index contributed by atoms with van der Waals surface area (Å²) in [7, 11) is 1.39. The van der Waals surface area contributed by atoms with Gasteiger partial charge in [-0.2, -0.15) is 0 Å². The van der Waals surface area contributed by atoms with E-state index in [9.17, 15) is 24.8 Å². The van der Waals surface area contributed by atoms with Crippen LogP contribution in [0.2, 0.25) is 0 Å². The van der Waals surface area contributed by atoms with Crippen LogP contribution in [0, 0.1) is 15.5 Å². The summed E-state index contributed by atoms with van der Waals surface area (Å²) < 4.78 is 10.3. The maximum Gasteiger partial charge on any atom is 0.324 e. The number of methoxy groups -OCH3 is 1. The van der Waals surface area contributed by atoms with Gasteiger partial charge in [0.25, 0.3) is 5.69 Å². The summed E-state index contributed by atoms with van der Waals surface area (Å²) in [5.74, 6) is -1.24. The minimum atomic E-state index is -1.83. The van der Waals surface area contributed by atoms with Crippen LogP contribution in [0.3, 0.4) is 0 Å². The van der Waals surface area contributed by atoms with E-state index in [1.165, 1.54) is 13.2 Å². The number of aliphatic carboxylic acids is 1. The normalized spacial score (nSPS) is 13.1. The van der Waals surface area contributed by atoms with E-state index < -0.39 is 27.4 Å². The Balaban J connectivity index is 2.06. The summed E-state index contributed by atoms with van der Waals surface area (Å²) in [5.41, 5.74) is -2.00. The van der Waals surface area contributed by atoms with Gasteiger partial charge in [-0.05, 0) is 28.2 Å². The van der Waals surface area contributed by atoms with E-state index in [4.69, 9.17) is 9.47 Å². The molecule has 44 heavy (non-hydrogen) atoms. The second-order valence-electron chi connectivity index (χ2n) is 11.6. The van der Waals surface area contributed by atoms with E-state index in [-0.39, 0.29) is 35.8 Å². The zero-order chi connectivity index (χ0) is 32.0. The third kappa shape index (κ3) is 6.10. The lowest BCUT2D eigenvalue weighted by Crippen LogP contribution is -2.68. The highest BCUT2D eigenvalue weighted by Gasteiger charge is 2.55. The van der Waals surface area contributed by atoms with Crippen molar-refractivity contribution in [3.05, 3.63) is 141 Å². The second-order valence-corrected chi connectivity index (χ2v) is 11.6. The monoisotopic (exact) mass is 596 g/mol. The predicted molar refractivity (Wildman–Crippen MR) is 167 cm³/mol. The molecule has 228 valence electrons. The number of ether oxygens (including phenoxy) is 2. The number of carboxylic acid groups (broad SMARTS) is 1. The third-order valence-corrected chi connectivity index (χ3v) is 7.99. The average Bonchev–Trinajstić information content (AvgIpc) is 3.02. The van der Waals surface area contributed by atoms with Crippen molar-refractivity contribution in [1.82, 2.24) is 5.32 Å². The Labute approximate surface area is 256 Å². The standard InChI is InChI=1S/C35H36N2O7/c1-33(2,3)34(32(39)40,22-25-20-26(23-38)31(44-24-43-4)21-30(25)37(41)42)36-35(27-14-8-5-9-15-27,28-16-10-6-11-17-28)29-18-12-7-13-19-29/h5-21,23,36H,22,24H2,1-4H3,(H,39,40). The lowest BCUT2D eigenvalue weighted by molar-refractivity contribution is -0.385. The molecule has 0 aromatic heterocycles. The lowest BCUT2D eigenvalue weighted by Gasteiger charge is -2.50. The Bertz CT molecular complexity index is 1510. The lowest BCUT2D eigenvalue weighted by atomic mass is 9.66. The first-order valence-corrected chi connectivity index (χ1v) is 14.1. The number of carbonyl (C=O) groups excluding carboxylic acids is 1. The second kappa shape index (κ2) is 13.2. The number of nitrogens with one attached hydrogen (secondary N) is 1. The first kappa shape index (κ1) is 32.1. The van der Waals surface area contributed by atoms with Crippen LogP contribution in [0.1, 0.15) is 53.4 Å². The van der Waals surface area contributed by atoms with Gasteiger partial charge in [-0.25, -0.2) is 0 Å². The van der Waals surface area contributed by atoms with Crippen molar-refractivity contribution >= 4 is 17.9 Å². The van der Waals surface area contributed by atoms with Crippen LogP contribution >= 0.6 is 0 Å². The molecule has 9 nitrogen and oxygen atoms in total. The van der Waals surface area contributed by atoms with Crippen LogP contribution in [0.15, 0.2) is 103 Å². The van der Waals surface area contributed by atoms with Crippen molar-refractivity contribution < 1.29 is 29.1 Å². The number of hydrogen-bond donors (Lipinski definition) is 2. The molecule has 0 radical (unpaired) electrons. The van der Waals surface area contributed by atoms with Gasteiger partial charge in [-0.3, -0.25) is 25.0 Å². The van der Waals surface area contributed by atoms with Crippen LogP contribution in [-0.4, -0.2) is 41.7 Å². The summed E-state index contributed by atoms with van der Waals surface area (Å²) >= 11 is 0. The van der Waals surface area contributed by atoms with Crippen molar-refractivity contribution in [2.45, 2.75) is 38.3 Å². The number of nitro groups is 1. The van der Waals surface area contributed by atoms with E-state index in [1.54, 1.807) is 20.8 Å². The minimum absolute atomic E-state index is 0.0332. The maximum atomic E-state index is 13.7. The number of nitrogens with zero attached hydrogens (tertiary/aromatic N) is 1. The highest BCUT2D eigenvalue weighted by atomic mass is 16.7. The Hall–Kier alpha value is -4.86. The highest BCUT2D eigenvalue weighted by molar-refractivity contribution is 5.84. The number of carbonyl (C=O) groups is 2. The van der Waals surface area contributed by atoms with Crippen molar-refractivity contribution in [2.24, 2.45) is 5.41 Å². The van der Waals surface area contributed by atoms with Crippen molar-refractivity contribution in [3.8, 4) is 5.75 Å². The molecule has 0 amide bonds. The molecule has 0 saturated heterocycles. The van der Waals surface area contributed by atoms with Crippen molar-refractivity contribution in [2.75, 3.05) is 13.9 Å². The Kier molecular flexibility index (Phi) is 9.62. The molecule has 4 aromatic rings. The number of rotatable bonds is 13. The zero-order valence-corrected chi connectivity index (χ0v) is 25.2. The van der Waals surface area contributed by atoms with Gasteiger partial charge in [0.1, 0.15) is 11.3 Å². The molecule has 2 N–H and O–H groups in total. The highest BCUT2D eigenvalue weighted by Crippen LogP contribution is 2.45. The van der Waals surface area contributed by atoms with Crippen LogP contribution < -0.4 is 10.1 Å². The molecule has 1 unspecified atom stereocenters. The fourth-order valence-electron chi connectivity index (χ4n) is 5.62. The fraction of sp³-hybridized carbons (Fsp3) is 0.257. The van der Waals surface area contributed by atoms with Gasteiger partial charge in [0.15, 0.2) is 13.1 Å². The molecule has 0 aliphatic rings. The fourth-order valence-corrected chi connectivity index (χ4v) is 5.62. The Morgan fingerprint density at radius 1 is 0.886 bits per heavy atom. The van der Waals surface area contributed by atoms with Gasteiger partial charge in [-0.1, -0.05) is 112 Å². The van der Waals surface area contributed by atoms with Crippen molar-refractivity contribution in [3.63, 3.8) is 0 Å². The van der Waals surface area contributed by atoms with Crippen LogP contribution in [0.4, 0.5) is 5.69 Å². The van der Waals surface area contributed by atoms with Crippen LogP contribution in [0.25, 0.3) is 0 Å². The maximum absolute atomic E-state index is 13.7. The first-order chi connectivity index (χ1) is 21.0. The number of hydrogen-bond acceptors (Lipinski definition) is 7. The summed E-state index contributed by atoms with van der Waals surface area (Å²) in [4.78, 5) is 37.6. The minimum Gasteiger partial charge on any atom is -0.480 e. The first-order valence-electron chi connectivity index (χ1n) is 14.1. The van der Waals surface area contributed by atoms with Gasteiger partial charge in [0, 0.05) is 19.1 Å². The van der Waals surface area contributed by atoms with Gasteiger partial charge in [0.2, 0.25) is 0 Å². The smallest absolute Gasteiger partial charge is 0.324 e. The molecule has 0 heterocycles. The molecule has 9 heteroatoms. The molecular weight excluding hydrogens is 560 g/mol. The average molecular weight is 597 g/mol. The summed E-state index contributed by atoms with van der Waals surface area (Å²) in [5, 5.41) is 27.2. The van der Waals surface area contributed by atoms with Gasteiger partial charge in [-0.15, -0.1) is 0 Å². The van der Waals surface area contributed by atoms with Crippen LogP contribution in [0.5, 0.6) is 5.75 Å². The molecule has 4 rings (SSSR count). The SMILES string of the molecule is COCOc1cc([N+](=O)[O-])c(CC(NC(c2ccccc2)(c2ccccc2)c2ccccc2)(C(=O)O)C(C)(C)C)cc1C=O. The molecular formula is C35H36N2O7.